The van der Waals surface area contributed by atoms with Crippen LogP contribution in [0, 0.1) is 0 Å². The van der Waals surface area contributed by atoms with Crippen molar-refractivity contribution in [2.75, 3.05) is 20.8 Å². The number of amides is 1. The van der Waals surface area contributed by atoms with E-state index in [0.717, 1.165) is 42.1 Å². The third-order valence-corrected chi connectivity index (χ3v) is 5.31. The molecule has 1 fully saturated rings. The van der Waals surface area contributed by atoms with Crippen molar-refractivity contribution in [3.63, 3.8) is 0 Å². The van der Waals surface area contributed by atoms with Crippen molar-refractivity contribution in [2.45, 2.75) is 18.9 Å². The highest BCUT2D eigenvalue weighted by Crippen LogP contribution is 2.39. The second kappa shape index (κ2) is 7.80. The minimum Gasteiger partial charge on any atom is -0.497 e. The van der Waals surface area contributed by atoms with Crippen molar-refractivity contribution < 1.29 is 14.3 Å². The van der Waals surface area contributed by atoms with Crippen LogP contribution in [0.25, 0.3) is 5.69 Å². The van der Waals surface area contributed by atoms with Gasteiger partial charge in [-0.3, -0.25) is 4.79 Å². The summed E-state index contributed by atoms with van der Waals surface area (Å²) < 4.78 is 13.0. The van der Waals surface area contributed by atoms with Gasteiger partial charge in [-0.2, -0.15) is 0 Å². The highest BCUT2D eigenvalue weighted by Gasteiger charge is 2.32. The van der Waals surface area contributed by atoms with Gasteiger partial charge in [0.2, 0.25) is 0 Å². The van der Waals surface area contributed by atoms with E-state index in [9.17, 15) is 4.79 Å². The zero-order valence-electron chi connectivity index (χ0n) is 16.2. The van der Waals surface area contributed by atoms with Gasteiger partial charge in [0.1, 0.15) is 11.5 Å². The molecule has 1 aliphatic heterocycles. The van der Waals surface area contributed by atoms with Crippen LogP contribution in [-0.4, -0.2) is 36.1 Å². The minimum atomic E-state index is -0.0206. The normalized spacial score (nSPS) is 16.2. The topological polar surface area (TPSA) is 43.7 Å². The quantitative estimate of drug-likeness (QED) is 0.660. The van der Waals surface area contributed by atoms with Crippen LogP contribution in [0.15, 0.2) is 67.0 Å². The Morgan fingerprint density at radius 2 is 1.82 bits per heavy atom. The number of hydrogen-bond acceptors (Lipinski definition) is 3. The summed E-state index contributed by atoms with van der Waals surface area (Å²) in [4.78, 5) is 15.3. The lowest BCUT2D eigenvalue weighted by Crippen LogP contribution is -2.30. The van der Waals surface area contributed by atoms with Crippen LogP contribution in [0.3, 0.4) is 0 Å². The van der Waals surface area contributed by atoms with Gasteiger partial charge >= 0.3 is 0 Å². The Kier molecular flexibility index (Phi) is 5.06. The van der Waals surface area contributed by atoms with Crippen molar-refractivity contribution in [3.8, 4) is 17.2 Å². The fourth-order valence-electron chi connectivity index (χ4n) is 3.90. The molecule has 0 spiro atoms. The van der Waals surface area contributed by atoms with Gasteiger partial charge in [-0.05, 0) is 61.4 Å². The van der Waals surface area contributed by atoms with Gasteiger partial charge in [0.25, 0.3) is 5.91 Å². The standard InChI is InChI=1S/C23H24N2O3/c1-27-19-10-11-22(28-2)20(16-19)21-9-6-14-25(21)23(26)17-7-5-8-18(15-17)24-12-3-4-13-24/h3-5,7-8,10-13,15-16,21H,6,9,14H2,1-2H3/t21-/m1/s1. The molecule has 5 nitrogen and oxygen atoms in total. The predicted molar refractivity (Wildman–Crippen MR) is 108 cm³/mol. The van der Waals surface area contributed by atoms with Crippen LogP contribution >= 0.6 is 0 Å². The van der Waals surface area contributed by atoms with E-state index in [2.05, 4.69) is 0 Å². The molecule has 28 heavy (non-hydrogen) atoms. The third-order valence-electron chi connectivity index (χ3n) is 5.31. The van der Waals surface area contributed by atoms with E-state index in [1.807, 2.05) is 76.5 Å². The molecule has 3 aromatic rings. The predicted octanol–water partition coefficient (Wildman–Crippen LogP) is 4.47. The monoisotopic (exact) mass is 376 g/mol. The fraction of sp³-hybridized carbons (Fsp3) is 0.261. The first-order chi connectivity index (χ1) is 13.7. The van der Waals surface area contributed by atoms with Crippen molar-refractivity contribution in [2.24, 2.45) is 0 Å². The largest absolute Gasteiger partial charge is 0.497 e. The van der Waals surface area contributed by atoms with Crippen LogP contribution in [0.2, 0.25) is 0 Å². The Balaban J connectivity index is 1.66. The third kappa shape index (κ3) is 3.36. The molecule has 5 heteroatoms. The van der Waals surface area contributed by atoms with Gasteiger partial charge in [-0.15, -0.1) is 0 Å². The summed E-state index contributed by atoms with van der Waals surface area (Å²) in [6.07, 6.45) is 5.83. The molecule has 1 amide bonds. The minimum absolute atomic E-state index is 0.0206. The van der Waals surface area contributed by atoms with Crippen LogP contribution < -0.4 is 9.47 Å². The first-order valence-corrected chi connectivity index (χ1v) is 9.47. The maximum absolute atomic E-state index is 13.4. The van der Waals surface area contributed by atoms with E-state index in [0.29, 0.717) is 5.56 Å². The molecule has 4 rings (SSSR count). The molecule has 0 N–H and O–H groups in total. The molecule has 1 saturated heterocycles. The molecule has 0 saturated carbocycles. The fourth-order valence-corrected chi connectivity index (χ4v) is 3.90. The number of ether oxygens (including phenoxy) is 2. The van der Waals surface area contributed by atoms with Gasteiger partial charge in [0.05, 0.1) is 20.3 Å². The first kappa shape index (κ1) is 18.2. The van der Waals surface area contributed by atoms with Gasteiger partial charge in [-0.1, -0.05) is 6.07 Å². The number of aromatic nitrogens is 1. The summed E-state index contributed by atoms with van der Waals surface area (Å²) >= 11 is 0. The molecule has 0 unspecified atom stereocenters. The number of methoxy groups -OCH3 is 2. The van der Waals surface area contributed by atoms with E-state index < -0.39 is 0 Å². The van der Waals surface area contributed by atoms with Crippen molar-refractivity contribution in [1.29, 1.82) is 0 Å². The summed E-state index contributed by atoms with van der Waals surface area (Å²) in [6.45, 7) is 0.734. The molecule has 0 bridgehead atoms. The number of carbonyl (C=O) groups excluding carboxylic acids is 1. The number of benzene rings is 2. The Morgan fingerprint density at radius 3 is 2.57 bits per heavy atom. The van der Waals surface area contributed by atoms with E-state index in [1.165, 1.54) is 0 Å². The number of likely N-dealkylation sites (tertiary alicyclic amines) is 1. The van der Waals surface area contributed by atoms with Crippen LogP contribution in [0.4, 0.5) is 0 Å². The maximum atomic E-state index is 13.4. The zero-order chi connectivity index (χ0) is 19.5. The number of hydrogen-bond donors (Lipinski definition) is 0. The van der Waals surface area contributed by atoms with Crippen molar-refractivity contribution in [3.05, 3.63) is 78.1 Å². The second-order valence-electron chi connectivity index (χ2n) is 6.91. The Labute approximate surface area is 165 Å². The van der Waals surface area contributed by atoms with Crippen molar-refractivity contribution in [1.82, 2.24) is 9.47 Å². The smallest absolute Gasteiger partial charge is 0.254 e. The highest BCUT2D eigenvalue weighted by atomic mass is 16.5. The SMILES string of the molecule is COc1ccc(OC)c([C@H]2CCCN2C(=O)c2cccc(-n3cccc3)c2)c1. The summed E-state index contributed by atoms with van der Waals surface area (Å²) in [5.74, 6) is 1.60. The molecule has 1 aromatic heterocycles. The lowest BCUT2D eigenvalue weighted by molar-refractivity contribution is 0.0734. The lowest BCUT2D eigenvalue weighted by atomic mass is 10.0. The summed E-state index contributed by atoms with van der Waals surface area (Å²) in [5, 5.41) is 0. The van der Waals surface area contributed by atoms with Gasteiger partial charge in [0.15, 0.2) is 0 Å². The Hall–Kier alpha value is -3.21. The van der Waals surface area contributed by atoms with Gasteiger partial charge in [-0.25, -0.2) is 0 Å². The molecule has 0 aliphatic carbocycles. The summed E-state index contributed by atoms with van der Waals surface area (Å²) in [5.41, 5.74) is 2.67. The number of nitrogens with zero attached hydrogens (tertiary/aromatic N) is 2. The van der Waals surface area contributed by atoms with Crippen molar-refractivity contribution >= 4 is 5.91 Å². The molecular weight excluding hydrogens is 352 g/mol. The number of rotatable bonds is 5. The highest BCUT2D eigenvalue weighted by molar-refractivity contribution is 5.95. The molecular formula is C23H24N2O3. The van der Waals surface area contributed by atoms with E-state index in [-0.39, 0.29) is 11.9 Å². The molecule has 1 aliphatic rings. The van der Waals surface area contributed by atoms with Crippen LogP contribution in [0.5, 0.6) is 11.5 Å². The van der Waals surface area contributed by atoms with E-state index in [1.54, 1.807) is 14.2 Å². The second-order valence-corrected chi connectivity index (χ2v) is 6.91. The van der Waals surface area contributed by atoms with Crippen LogP contribution in [0.1, 0.15) is 34.8 Å². The van der Waals surface area contributed by atoms with Gasteiger partial charge < -0.3 is 18.9 Å². The van der Waals surface area contributed by atoms with E-state index in [4.69, 9.17) is 9.47 Å². The van der Waals surface area contributed by atoms with E-state index >= 15 is 0 Å². The first-order valence-electron chi connectivity index (χ1n) is 9.47. The Morgan fingerprint density at radius 1 is 1.00 bits per heavy atom. The zero-order valence-corrected chi connectivity index (χ0v) is 16.2. The molecule has 2 heterocycles. The van der Waals surface area contributed by atoms with Crippen LogP contribution in [-0.2, 0) is 0 Å². The van der Waals surface area contributed by atoms with Gasteiger partial charge in [0, 0.05) is 35.8 Å². The average molecular weight is 376 g/mol. The Bertz CT molecular complexity index is 966. The maximum Gasteiger partial charge on any atom is 0.254 e. The summed E-state index contributed by atoms with van der Waals surface area (Å²) in [6, 6.07) is 17.4. The molecule has 0 radical (unpaired) electrons. The summed E-state index contributed by atoms with van der Waals surface area (Å²) in [7, 11) is 3.31. The molecule has 1 atom stereocenters. The lowest BCUT2D eigenvalue weighted by Gasteiger charge is -2.27. The number of carbonyl (C=O) groups is 1. The average Bonchev–Trinajstić information content (AvgIpc) is 3.45. The molecule has 144 valence electrons. The molecule has 2 aromatic carbocycles.